The van der Waals surface area contributed by atoms with E-state index in [2.05, 4.69) is 34.6 Å². The zero-order chi connectivity index (χ0) is 23.8. The SMILES string of the molecule is COC(=O)C1C=C(C(C)(C)CC(C)(C)C)C=CC1(O)OCCOCCOC1CCCCO1. The molecule has 1 N–H and O–H groups in total. The van der Waals surface area contributed by atoms with E-state index in [1.165, 1.54) is 7.11 Å². The molecule has 3 atom stereocenters. The Balaban J connectivity index is 1.86. The third-order valence-corrected chi connectivity index (χ3v) is 5.73. The van der Waals surface area contributed by atoms with Crippen molar-refractivity contribution in [3.8, 4) is 0 Å². The van der Waals surface area contributed by atoms with Gasteiger partial charge in [-0.25, -0.2) is 0 Å². The molecule has 32 heavy (non-hydrogen) atoms. The average molecular weight is 455 g/mol. The van der Waals surface area contributed by atoms with E-state index in [9.17, 15) is 9.90 Å². The van der Waals surface area contributed by atoms with E-state index in [4.69, 9.17) is 23.7 Å². The number of carbonyl (C=O) groups excluding carboxylic acids is 1. The van der Waals surface area contributed by atoms with E-state index in [1.54, 1.807) is 12.2 Å². The minimum absolute atomic E-state index is 0.118. The lowest BCUT2D eigenvalue weighted by Gasteiger charge is -2.39. The quantitative estimate of drug-likeness (QED) is 0.287. The summed E-state index contributed by atoms with van der Waals surface area (Å²) in [5, 5.41) is 11.1. The van der Waals surface area contributed by atoms with Gasteiger partial charge in [-0.15, -0.1) is 0 Å². The van der Waals surface area contributed by atoms with Gasteiger partial charge in [0.05, 0.1) is 33.5 Å². The normalized spacial score (nSPS) is 26.7. The van der Waals surface area contributed by atoms with Crippen molar-refractivity contribution in [2.75, 3.05) is 40.1 Å². The molecule has 7 nitrogen and oxygen atoms in total. The van der Waals surface area contributed by atoms with E-state index < -0.39 is 17.7 Å². The average Bonchev–Trinajstić information content (AvgIpc) is 2.71. The number of carbonyl (C=O) groups is 1. The minimum atomic E-state index is -1.77. The second kappa shape index (κ2) is 11.7. The van der Waals surface area contributed by atoms with Crippen molar-refractivity contribution in [1.82, 2.24) is 0 Å². The number of rotatable bonds is 11. The molecular formula is C25H42O7. The molecule has 1 saturated heterocycles. The topological polar surface area (TPSA) is 83.5 Å². The number of hydrogen-bond acceptors (Lipinski definition) is 7. The molecule has 1 fully saturated rings. The fourth-order valence-corrected chi connectivity index (χ4v) is 4.50. The smallest absolute Gasteiger partial charge is 0.318 e. The van der Waals surface area contributed by atoms with Crippen molar-refractivity contribution in [3.63, 3.8) is 0 Å². The van der Waals surface area contributed by atoms with Crippen LogP contribution in [0.25, 0.3) is 0 Å². The number of ether oxygens (including phenoxy) is 5. The molecule has 1 aliphatic heterocycles. The predicted octanol–water partition coefficient (Wildman–Crippen LogP) is 4.00. The van der Waals surface area contributed by atoms with Gasteiger partial charge in [-0.05, 0) is 48.2 Å². The van der Waals surface area contributed by atoms with Gasteiger partial charge in [-0.2, -0.15) is 0 Å². The molecule has 0 spiro atoms. The van der Waals surface area contributed by atoms with Crippen LogP contribution >= 0.6 is 0 Å². The Morgan fingerprint density at radius 3 is 2.50 bits per heavy atom. The molecule has 0 aromatic rings. The van der Waals surface area contributed by atoms with Gasteiger partial charge in [0, 0.05) is 6.61 Å². The van der Waals surface area contributed by atoms with Crippen molar-refractivity contribution in [2.24, 2.45) is 16.7 Å². The van der Waals surface area contributed by atoms with E-state index >= 15 is 0 Å². The summed E-state index contributed by atoms with van der Waals surface area (Å²) >= 11 is 0. The second-order valence-electron chi connectivity index (χ2n) is 10.5. The highest BCUT2D eigenvalue weighted by Gasteiger charge is 2.44. The molecule has 0 aromatic heterocycles. The van der Waals surface area contributed by atoms with Gasteiger partial charge in [0.2, 0.25) is 5.79 Å². The highest BCUT2D eigenvalue weighted by Crippen LogP contribution is 2.43. The van der Waals surface area contributed by atoms with Crippen molar-refractivity contribution in [1.29, 1.82) is 0 Å². The summed E-state index contributed by atoms with van der Waals surface area (Å²) in [7, 11) is 1.31. The first-order valence-electron chi connectivity index (χ1n) is 11.6. The van der Waals surface area contributed by atoms with Crippen LogP contribution < -0.4 is 0 Å². The molecule has 0 saturated carbocycles. The summed E-state index contributed by atoms with van der Waals surface area (Å²) in [5.41, 5.74) is 0.926. The zero-order valence-electron chi connectivity index (χ0n) is 20.6. The molecule has 0 radical (unpaired) electrons. The van der Waals surface area contributed by atoms with E-state index in [0.717, 1.165) is 37.9 Å². The van der Waals surface area contributed by atoms with Gasteiger partial charge in [-0.1, -0.05) is 46.8 Å². The lowest BCUT2D eigenvalue weighted by molar-refractivity contribution is -0.209. The molecule has 184 valence electrons. The molecular weight excluding hydrogens is 412 g/mol. The van der Waals surface area contributed by atoms with Gasteiger partial charge in [0.25, 0.3) is 0 Å². The third-order valence-electron chi connectivity index (χ3n) is 5.73. The van der Waals surface area contributed by atoms with Crippen LogP contribution in [0.4, 0.5) is 0 Å². The van der Waals surface area contributed by atoms with E-state index in [0.29, 0.717) is 13.2 Å². The van der Waals surface area contributed by atoms with Crippen molar-refractivity contribution >= 4 is 5.97 Å². The maximum absolute atomic E-state index is 12.5. The predicted molar refractivity (Wildman–Crippen MR) is 122 cm³/mol. The van der Waals surface area contributed by atoms with Crippen LogP contribution in [0, 0.1) is 16.7 Å². The molecule has 3 unspecified atom stereocenters. The van der Waals surface area contributed by atoms with Gasteiger partial charge in [-0.3, -0.25) is 4.79 Å². The minimum Gasteiger partial charge on any atom is -0.468 e. The maximum atomic E-state index is 12.5. The van der Waals surface area contributed by atoms with E-state index in [1.807, 2.05) is 6.08 Å². The number of methoxy groups -OCH3 is 1. The highest BCUT2D eigenvalue weighted by atomic mass is 16.7. The largest absolute Gasteiger partial charge is 0.468 e. The third kappa shape index (κ3) is 8.27. The van der Waals surface area contributed by atoms with Gasteiger partial charge in [0.15, 0.2) is 6.29 Å². The van der Waals surface area contributed by atoms with Crippen LogP contribution in [-0.2, 0) is 28.5 Å². The Morgan fingerprint density at radius 2 is 1.88 bits per heavy atom. The van der Waals surface area contributed by atoms with Crippen LogP contribution in [0.1, 0.15) is 60.3 Å². The van der Waals surface area contributed by atoms with Crippen molar-refractivity contribution in [2.45, 2.75) is 72.4 Å². The van der Waals surface area contributed by atoms with Gasteiger partial charge >= 0.3 is 5.97 Å². The van der Waals surface area contributed by atoms with E-state index in [-0.39, 0.29) is 30.3 Å². The van der Waals surface area contributed by atoms with Crippen LogP contribution in [0.3, 0.4) is 0 Å². The number of aliphatic hydroxyl groups is 1. The first-order chi connectivity index (χ1) is 15.0. The molecule has 7 heteroatoms. The first-order valence-corrected chi connectivity index (χ1v) is 11.6. The van der Waals surface area contributed by atoms with Crippen LogP contribution in [0.2, 0.25) is 0 Å². The lowest BCUT2D eigenvalue weighted by atomic mass is 9.69. The summed E-state index contributed by atoms with van der Waals surface area (Å²) < 4.78 is 27.3. The van der Waals surface area contributed by atoms with Gasteiger partial charge < -0.3 is 28.8 Å². The monoisotopic (exact) mass is 454 g/mol. The Morgan fingerprint density at radius 1 is 1.16 bits per heavy atom. The molecule has 0 amide bonds. The Bertz CT molecular complexity index is 656. The fourth-order valence-electron chi connectivity index (χ4n) is 4.50. The molecule has 2 aliphatic rings. The number of hydrogen-bond donors (Lipinski definition) is 1. The molecule has 2 rings (SSSR count). The zero-order valence-corrected chi connectivity index (χ0v) is 20.6. The molecule has 0 aromatic carbocycles. The summed E-state index contributed by atoms with van der Waals surface area (Å²) in [4.78, 5) is 12.5. The molecule has 1 heterocycles. The van der Waals surface area contributed by atoms with Crippen molar-refractivity contribution < 1.29 is 33.6 Å². The highest BCUT2D eigenvalue weighted by molar-refractivity contribution is 5.77. The summed E-state index contributed by atoms with van der Waals surface area (Å²) in [5.74, 6) is -3.26. The maximum Gasteiger partial charge on any atom is 0.318 e. The molecule has 1 aliphatic carbocycles. The number of allylic oxidation sites excluding steroid dienone is 2. The second-order valence-corrected chi connectivity index (χ2v) is 10.5. The van der Waals surface area contributed by atoms with Gasteiger partial charge in [0.1, 0.15) is 5.92 Å². The summed E-state index contributed by atoms with van der Waals surface area (Å²) in [6.07, 6.45) is 9.09. The first kappa shape index (κ1) is 27.0. The Kier molecular flexibility index (Phi) is 9.91. The van der Waals surface area contributed by atoms with Crippen LogP contribution in [0.5, 0.6) is 0 Å². The Hall–Kier alpha value is -1.25. The van der Waals surface area contributed by atoms with Crippen LogP contribution in [-0.4, -0.2) is 63.3 Å². The number of esters is 1. The van der Waals surface area contributed by atoms with Crippen LogP contribution in [0.15, 0.2) is 23.8 Å². The fraction of sp³-hybridized carbons (Fsp3) is 0.800. The lowest BCUT2D eigenvalue weighted by Crippen LogP contribution is -2.45. The summed E-state index contributed by atoms with van der Waals surface area (Å²) in [6.45, 7) is 12.8. The Labute approximate surface area is 193 Å². The summed E-state index contributed by atoms with van der Waals surface area (Å²) in [6, 6.07) is 0. The standard InChI is InChI=1S/C25H42O7/c1-23(2,3)18-24(4,5)19-10-11-25(27,20(17-19)22(26)28-6)32-16-14-29-13-15-31-21-9-7-8-12-30-21/h10-11,17,20-21,27H,7-9,12-16,18H2,1-6H3. The molecule has 0 bridgehead atoms. The van der Waals surface area contributed by atoms with Crippen molar-refractivity contribution in [3.05, 3.63) is 23.8 Å².